The van der Waals surface area contributed by atoms with Crippen molar-refractivity contribution in [2.75, 3.05) is 13.1 Å². The molecule has 0 saturated carbocycles. The van der Waals surface area contributed by atoms with Gasteiger partial charge in [-0.05, 0) is 76.4 Å². The maximum Gasteiger partial charge on any atom is 0.123 e. The van der Waals surface area contributed by atoms with E-state index in [1.54, 1.807) is 6.07 Å². The number of hydrogen-bond donors (Lipinski definition) is 1. The molecule has 0 aliphatic carbocycles. The van der Waals surface area contributed by atoms with Crippen LogP contribution in [0.15, 0.2) is 18.2 Å². The Morgan fingerprint density at radius 3 is 2.43 bits per heavy atom. The summed E-state index contributed by atoms with van der Waals surface area (Å²) in [6, 6.07) is 5.00. The second-order valence-corrected chi connectivity index (χ2v) is 6.94. The maximum atomic E-state index is 13.5. The first-order valence-electron chi connectivity index (χ1n) is 8.17. The highest BCUT2D eigenvalue weighted by molar-refractivity contribution is 5.28. The zero-order valence-electron chi connectivity index (χ0n) is 13.7. The van der Waals surface area contributed by atoms with Crippen LogP contribution in [-0.2, 0) is 6.42 Å². The molecule has 21 heavy (non-hydrogen) atoms. The van der Waals surface area contributed by atoms with E-state index < -0.39 is 0 Å². The van der Waals surface area contributed by atoms with Crippen LogP contribution in [0.2, 0.25) is 0 Å². The first-order valence-corrected chi connectivity index (χ1v) is 8.17. The van der Waals surface area contributed by atoms with Gasteiger partial charge in [0, 0.05) is 11.6 Å². The molecule has 1 aliphatic rings. The van der Waals surface area contributed by atoms with Gasteiger partial charge in [0.1, 0.15) is 5.82 Å². The summed E-state index contributed by atoms with van der Waals surface area (Å²) in [5.41, 5.74) is 8.62. The van der Waals surface area contributed by atoms with Crippen molar-refractivity contribution >= 4 is 0 Å². The largest absolute Gasteiger partial charge is 0.326 e. The Labute approximate surface area is 128 Å². The minimum absolute atomic E-state index is 0.0103. The summed E-state index contributed by atoms with van der Waals surface area (Å²) in [4.78, 5) is 2.53. The lowest BCUT2D eigenvalue weighted by molar-refractivity contribution is 0.0978. The summed E-state index contributed by atoms with van der Waals surface area (Å²) < 4.78 is 13.5. The summed E-state index contributed by atoms with van der Waals surface area (Å²) in [6.45, 7) is 8.75. The molecule has 1 heterocycles. The summed E-state index contributed by atoms with van der Waals surface area (Å²) in [6.07, 6.45) is 5.90. The number of likely N-dealkylation sites (tertiary alicyclic amines) is 1. The Kier molecular flexibility index (Phi) is 5.39. The molecule has 3 heteroatoms. The Morgan fingerprint density at radius 2 is 1.81 bits per heavy atom. The van der Waals surface area contributed by atoms with Gasteiger partial charge in [-0.3, -0.25) is 4.90 Å². The lowest BCUT2D eigenvalue weighted by Crippen LogP contribution is -2.57. The summed E-state index contributed by atoms with van der Waals surface area (Å²) in [7, 11) is 0. The van der Waals surface area contributed by atoms with Crippen LogP contribution in [0.4, 0.5) is 4.39 Å². The van der Waals surface area contributed by atoms with Gasteiger partial charge >= 0.3 is 0 Å². The standard InChI is InChI=1S/C18H29FN2/c1-14-8-9-16(19)12-15(14)13-17(20)18(2,3)21-10-6-4-5-7-11-21/h8-9,12,17H,4-7,10-11,13,20H2,1-3H3. The van der Waals surface area contributed by atoms with E-state index in [9.17, 15) is 4.39 Å². The van der Waals surface area contributed by atoms with Crippen molar-refractivity contribution in [3.05, 3.63) is 35.1 Å². The van der Waals surface area contributed by atoms with E-state index in [-0.39, 0.29) is 17.4 Å². The fourth-order valence-corrected chi connectivity index (χ4v) is 3.23. The van der Waals surface area contributed by atoms with Crippen molar-refractivity contribution in [2.45, 2.75) is 64.5 Å². The zero-order chi connectivity index (χ0) is 15.5. The lowest BCUT2D eigenvalue weighted by atomic mass is 9.87. The van der Waals surface area contributed by atoms with Crippen molar-refractivity contribution in [1.29, 1.82) is 0 Å². The molecule has 2 N–H and O–H groups in total. The van der Waals surface area contributed by atoms with Crippen molar-refractivity contribution in [3.8, 4) is 0 Å². The zero-order valence-corrected chi connectivity index (χ0v) is 13.7. The molecule has 1 aromatic carbocycles. The van der Waals surface area contributed by atoms with E-state index in [1.807, 2.05) is 13.0 Å². The van der Waals surface area contributed by atoms with Gasteiger partial charge in [-0.25, -0.2) is 4.39 Å². The van der Waals surface area contributed by atoms with Crippen LogP contribution in [0.25, 0.3) is 0 Å². The van der Waals surface area contributed by atoms with Gasteiger partial charge in [0.25, 0.3) is 0 Å². The van der Waals surface area contributed by atoms with E-state index in [2.05, 4.69) is 18.7 Å². The van der Waals surface area contributed by atoms with E-state index in [0.717, 1.165) is 30.6 Å². The van der Waals surface area contributed by atoms with Crippen LogP contribution in [0.3, 0.4) is 0 Å². The first kappa shape index (κ1) is 16.4. The topological polar surface area (TPSA) is 29.3 Å². The minimum atomic E-state index is -0.171. The smallest absolute Gasteiger partial charge is 0.123 e. The quantitative estimate of drug-likeness (QED) is 0.917. The van der Waals surface area contributed by atoms with Crippen LogP contribution in [-0.4, -0.2) is 29.6 Å². The van der Waals surface area contributed by atoms with Gasteiger partial charge in [-0.1, -0.05) is 18.9 Å². The Bertz CT molecular complexity index is 462. The number of aryl methyl sites for hydroxylation is 1. The fraction of sp³-hybridized carbons (Fsp3) is 0.667. The lowest BCUT2D eigenvalue weighted by Gasteiger charge is -2.42. The minimum Gasteiger partial charge on any atom is -0.326 e. The molecule has 0 bridgehead atoms. The molecule has 118 valence electrons. The van der Waals surface area contributed by atoms with Gasteiger partial charge in [-0.15, -0.1) is 0 Å². The molecule has 2 rings (SSSR count). The molecule has 0 spiro atoms. The van der Waals surface area contributed by atoms with Crippen LogP contribution in [0.1, 0.15) is 50.7 Å². The monoisotopic (exact) mass is 292 g/mol. The highest BCUT2D eigenvalue weighted by atomic mass is 19.1. The predicted molar refractivity (Wildman–Crippen MR) is 86.9 cm³/mol. The second-order valence-electron chi connectivity index (χ2n) is 6.94. The van der Waals surface area contributed by atoms with E-state index >= 15 is 0 Å². The Balaban J connectivity index is 2.09. The second kappa shape index (κ2) is 6.89. The molecule has 0 aromatic heterocycles. The molecule has 1 fully saturated rings. The SMILES string of the molecule is Cc1ccc(F)cc1CC(N)C(C)(C)N1CCCCCC1. The third-order valence-corrected chi connectivity index (χ3v) is 5.08. The first-order chi connectivity index (χ1) is 9.91. The Hall–Kier alpha value is -0.930. The molecule has 1 saturated heterocycles. The highest BCUT2D eigenvalue weighted by Gasteiger charge is 2.33. The summed E-state index contributed by atoms with van der Waals surface area (Å²) in [5.74, 6) is -0.171. The van der Waals surface area contributed by atoms with Gasteiger partial charge in [0.05, 0.1) is 0 Å². The van der Waals surface area contributed by atoms with Crippen molar-refractivity contribution in [1.82, 2.24) is 4.90 Å². The number of nitrogens with two attached hydrogens (primary N) is 1. The van der Waals surface area contributed by atoms with Gasteiger partial charge in [0.2, 0.25) is 0 Å². The summed E-state index contributed by atoms with van der Waals surface area (Å²) in [5, 5.41) is 0. The van der Waals surface area contributed by atoms with E-state index in [0.29, 0.717) is 0 Å². The molecule has 2 nitrogen and oxygen atoms in total. The normalized spacial score (nSPS) is 19.3. The van der Waals surface area contributed by atoms with E-state index in [1.165, 1.54) is 31.7 Å². The van der Waals surface area contributed by atoms with Crippen LogP contribution in [0.5, 0.6) is 0 Å². The fourth-order valence-electron chi connectivity index (χ4n) is 3.23. The van der Waals surface area contributed by atoms with Crippen molar-refractivity contribution in [3.63, 3.8) is 0 Å². The highest BCUT2D eigenvalue weighted by Crippen LogP contribution is 2.25. The van der Waals surface area contributed by atoms with Crippen molar-refractivity contribution in [2.24, 2.45) is 5.73 Å². The van der Waals surface area contributed by atoms with Crippen LogP contribution < -0.4 is 5.73 Å². The molecule has 1 aromatic rings. The number of rotatable bonds is 4. The molecular formula is C18H29FN2. The van der Waals surface area contributed by atoms with E-state index in [4.69, 9.17) is 5.73 Å². The van der Waals surface area contributed by atoms with Gasteiger partial charge in [-0.2, -0.15) is 0 Å². The molecule has 1 unspecified atom stereocenters. The third-order valence-electron chi connectivity index (χ3n) is 5.08. The summed E-state index contributed by atoms with van der Waals surface area (Å²) >= 11 is 0. The number of benzene rings is 1. The van der Waals surface area contributed by atoms with Crippen LogP contribution >= 0.6 is 0 Å². The Morgan fingerprint density at radius 1 is 1.19 bits per heavy atom. The molecular weight excluding hydrogens is 263 g/mol. The maximum absolute atomic E-state index is 13.5. The third kappa shape index (κ3) is 4.04. The average molecular weight is 292 g/mol. The predicted octanol–water partition coefficient (Wildman–Crippen LogP) is 3.66. The average Bonchev–Trinajstić information content (AvgIpc) is 2.72. The molecule has 0 amide bonds. The van der Waals surface area contributed by atoms with Crippen LogP contribution in [0, 0.1) is 12.7 Å². The molecule has 1 atom stereocenters. The van der Waals surface area contributed by atoms with Crippen molar-refractivity contribution < 1.29 is 4.39 Å². The number of nitrogens with zero attached hydrogens (tertiary/aromatic N) is 1. The molecule has 0 radical (unpaired) electrons. The van der Waals surface area contributed by atoms with Gasteiger partial charge < -0.3 is 5.73 Å². The number of halogens is 1. The van der Waals surface area contributed by atoms with Gasteiger partial charge in [0.15, 0.2) is 0 Å². The number of hydrogen-bond acceptors (Lipinski definition) is 2. The molecule has 1 aliphatic heterocycles.